The molecule has 0 saturated carbocycles. The summed E-state index contributed by atoms with van der Waals surface area (Å²) in [6, 6.07) is 0.0708. The van der Waals surface area contributed by atoms with E-state index in [4.69, 9.17) is 10.8 Å². The van der Waals surface area contributed by atoms with E-state index in [1.54, 1.807) is 6.08 Å². The Kier molecular flexibility index (Phi) is 7.06. The Morgan fingerprint density at radius 3 is 2.19 bits per heavy atom. The molecule has 0 aromatic carbocycles. The van der Waals surface area contributed by atoms with Crippen LogP contribution in [0.2, 0.25) is 0 Å². The molecule has 0 unspecified atom stereocenters. The third-order valence-electron chi connectivity index (χ3n) is 2.34. The molecule has 94 valence electrons. The van der Waals surface area contributed by atoms with Crippen LogP contribution in [0.1, 0.15) is 47.0 Å². The van der Waals surface area contributed by atoms with Crippen molar-refractivity contribution in [2.45, 2.75) is 53.0 Å². The van der Waals surface area contributed by atoms with Gasteiger partial charge in [0.05, 0.1) is 0 Å². The Bertz CT molecular complexity index is 244. The number of carbonyl (C=O) groups is 1. The number of carboxylic acid groups (broad SMARTS) is 1. The van der Waals surface area contributed by atoms with Crippen LogP contribution in [0, 0.1) is 11.8 Å². The van der Waals surface area contributed by atoms with Crippen LogP contribution in [0.3, 0.4) is 0 Å². The van der Waals surface area contributed by atoms with Gasteiger partial charge in [0, 0.05) is 11.6 Å². The van der Waals surface area contributed by atoms with Gasteiger partial charge in [-0.05, 0) is 31.1 Å². The van der Waals surface area contributed by atoms with Gasteiger partial charge in [0.15, 0.2) is 0 Å². The van der Waals surface area contributed by atoms with Gasteiger partial charge in [0.2, 0.25) is 0 Å². The van der Waals surface area contributed by atoms with Crippen LogP contribution in [-0.2, 0) is 4.79 Å². The van der Waals surface area contributed by atoms with Crippen molar-refractivity contribution in [1.29, 1.82) is 0 Å². The highest BCUT2D eigenvalue weighted by molar-refractivity contribution is 5.86. The third kappa shape index (κ3) is 7.46. The van der Waals surface area contributed by atoms with E-state index >= 15 is 0 Å². The number of aliphatic carboxylic acids is 1. The van der Waals surface area contributed by atoms with Crippen molar-refractivity contribution in [2.24, 2.45) is 17.6 Å². The number of hydrogen-bond acceptors (Lipinski definition) is 2. The van der Waals surface area contributed by atoms with Crippen LogP contribution in [0.25, 0.3) is 0 Å². The molecule has 0 bridgehead atoms. The van der Waals surface area contributed by atoms with E-state index in [-0.39, 0.29) is 6.04 Å². The average molecular weight is 227 g/mol. The normalized spacial score (nSPS) is 14.6. The van der Waals surface area contributed by atoms with Gasteiger partial charge in [-0.3, -0.25) is 0 Å². The number of rotatable bonds is 7. The monoisotopic (exact) mass is 227 g/mol. The van der Waals surface area contributed by atoms with Gasteiger partial charge in [-0.25, -0.2) is 4.79 Å². The molecule has 0 aliphatic heterocycles. The molecule has 0 radical (unpaired) electrons. The molecule has 0 saturated heterocycles. The van der Waals surface area contributed by atoms with Crippen molar-refractivity contribution < 1.29 is 9.90 Å². The SMILES string of the molecule is CC(C)C/C(=C\C[C@@H](N)CC(C)C)C(=O)O. The largest absolute Gasteiger partial charge is 0.478 e. The first-order chi connectivity index (χ1) is 7.32. The first-order valence-corrected chi connectivity index (χ1v) is 6.00. The van der Waals surface area contributed by atoms with E-state index < -0.39 is 5.97 Å². The first-order valence-electron chi connectivity index (χ1n) is 6.00. The molecule has 0 rings (SSSR count). The van der Waals surface area contributed by atoms with Crippen LogP contribution in [0.15, 0.2) is 11.6 Å². The minimum Gasteiger partial charge on any atom is -0.478 e. The summed E-state index contributed by atoms with van der Waals surface area (Å²) >= 11 is 0. The second-order valence-electron chi connectivity index (χ2n) is 5.26. The van der Waals surface area contributed by atoms with Crippen molar-refractivity contribution in [3.63, 3.8) is 0 Å². The van der Waals surface area contributed by atoms with Crippen LogP contribution in [0.4, 0.5) is 0 Å². The first kappa shape index (κ1) is 15.2. The topological polar surface area (TPSA) is 63.3 Å². The van der Waals surface area contributed by atoms with E-state index in [1.165, 1.54) is 0 Å². The fourth-order valence-corrected chi connectivity index (χ4v) is 1.69. The van der Waals surface area contributed by atoms with Crippen LogP contribution < -0.4 is 5.73 Å². The van der Waals surface area contributed by atoms with E-state index in [0.717, 1.165) is 6.42 Å². The molecule has 16 heavy (non-hydrogen) atoms. The fourth-order valence-electron chi connectivity index (χ4n) is 1.69. The molecular formula is C13H25NO2. The van der Waals surface area contributed by atoms with Crippen LogP contribution in [0.5, 0.6) is 0 Å². The smallest absolute Gasteiger partial charge is 0.331 e. The van der Waals surface area contributed by atoms with E-state index in [2.05, 4.69) is 13.8 Å². The van der Waals surface area contributed by atoms with Gasteiger partial charge >= 0.3 is 5.97 Å². The highest BCUT2D eigenvalue weighted by atomic mass is 16.4. The van der Waals surface area contributed by atoms with Crippen molar-refractivity contribution in [1.82, 2.24) is 0 Å². The van der Waals surface area contributed by atoms with Crippen molar-refractivity contribution in [3.05, 3.63) is 11.6 Å². The lowest BCUT2D eigenvalue weighted by atomic mass is 9.98. The lowest BCUT2D eigenvalue weighted by Gasteiger charge is -2.12. The summed E-state index contributed by atoms with van der Waals surface area (Å²) in [4.78, 5) is 11.0. The summed E-state index contributed by atoms with van der Waals surface area (Å²) in [5.74, 6) is 0.107. The Hall–Kier alpha value is -0.830. The minimum absolute atomic E-state index is 0.0708. The highest BCUT2D eigenvalue weighted by Gasteiger charge is 2.10. The summed E-state index contributed by atoms with van der Waals surface area (Å²) in [5.41, 5.74) is 6.41. The number of carboxylic acids is 1. The number of nitrogens with two attached hydrogens (primary N) is 1. The molecule has 0 aromatic heterocycles. The van der Waals surface area contributed by atoms with Gasteiger partial charge in [0.25, 0.3) is 0 Å². The maximum absolute atomic E-state index is 11.0. The zero-order chi connectivity index (χ0) is 12.7. The molecule has 0 fully saturated rings. The van der Waals surface area contributed by atoms with Crippen molar-refractivity contribution in [3.8, 4) is 0 Å². The lowest BCUT2D eigenvalue weighted by Crippen LogP contribution is -2.21. The molecule has 0 aliphatic carbocycles. The van der Waals surface area contributed by atoms with Crippen molar-refractivity contribution in [2.75, 3.05) is 0 Å². The van der Waals surface area contributed by atoms with E-state index in [0.29, 0.717) is 30.3 Å². The van der Waals surface area contributed by atoms with Crippen molar-refractivity contribution >= 4 is 5.97 Å². The number of hydrogen-bond donors (Lipinski definition) is 2. The maximum Gasteiger partial charge on any atom is 0.331 e. The molecule has 0 spiro atoms. The molecule has 0 heterocycles. The van der Waals surface area contributed by atoms with Crippen LogP contribution >= 0.6 is 0 Å². The summed E-state index contributed by atoms with van der Waals surface area (Å²) in [5, 5.41) is 9.01. The summed E-state index contributed by atoms with van der Waals surface area (Å²) in [6.45, 7) is 8.28. The van der Waals surface area contributed by atoms with E-state index in [1.807, 2.05) is 13.8 Å². The molecular weight excluding hydrogens is 202 g/mol. The highest BCUT2D eigenvalue weighted by Crippen LogP contribution is 2.14. The summed E-state index contributed by atoms with van der Waals surface area (Å²) in [7, 11) is 0. The summed E-state index contributed by atoms with van der Waals surface area (Å²) in [6.07, 6.45) is 4.00. The van der Waals surface area contributed by atoms with E-state index in [9.17, 15) is 4.79 Å². The van der Waals surface area contributed by atoms with Gasteiger partial charge in [-0.15, -0.1) is 0 Å². The molecule has 1 atom stereocenters. The standard InChI is InChI=1S/C13H25NO2/c1-9(2)7-11(13(15)16)5-6-12(14)8-10(3)4/h5,9-10,12H,6-8,14H2,1-4H3,(H,15,16)/b11-5+/t12-/m1/s1. The molecule has 0 amide bonds. The molecule has 0 aliphatic rings. The average Bonchev–Trinajstić information content (AvgIpc) is 2.09. The van der Waals surface area contributed by atoms with Gasteiger partial charge in [-0.1, -0.05) is 33.8 Å². The Morgan fingerprint density at radius 2 is 1.81 bits per heavy atom. The zero-order valence-electron chi connectivity index (χ0n) is 10.9. The Labute approximate surface area is 98.7 Å². The molecule has 0 aromatic rings. The third-order valence-corrected chi connectivity index (χ3v) is 2.34. The van der Waals surface area contributed by atoms with Gasteiger partial charge in [0.1, 0.15) is 0 Å². The molecule has 3 N–H and O–H groups in total. The quantitative estimate of drug-likeness (QED) is 0.657. The maximum atomic E-state index is 11.0. The lowest BCUT2D eigenvalue weighted by molar-refractivity contribution is -0.132. The Morgan fingerprint density at radius 1 is 1.25 bits per heavy atom. The van der Waals surface area contributed by atoms with Crippen LogP contribution in [-0.4, -0.2) is 17.1 Å². The minimum atomic E-state index is -0.814. The van der Waals surface area contributed by atoms with Gasteiger partial charge < -0.3 is 10.8 Å². The zero-order valence-corrected chi connectivity index (χ0v) is 10.9. The molecule has 3 heteroatoms. The predicted octanol–water partition coefficient (Wildman–Crippen LogP) is 2.81. The summed E-state index contributed by atoms with van der Waals surface area (Å²) < 4.78 is 0. The second-order valence-corrected chi connectivity index (χ2v) is 5.26. The Balaban J connectivity index is 4.28. The predicted molar refractivity (Wildman–Crippen MR) is 67.2 cm³/mol. The second kappa shape index (κ2) is 7.44. The fraction of sp³-hybridized carbons (Fsp3) is 0.769. The van der Waals surface area contributed by atoms with Gasteiger partial charge in [-0.2, -0.15) is 0 Å². The molecule has 3 nitrogen and oxygen atoms in total.